The summed E-state index contributed by atoms with van der Waals surface area (Å²) in [6.45, 7) is 2.73. The van der Waals surface area contributed by atoms with Crippen molar-refractivity contribution >= 4 is 44.8 Å². The molecule has 0 aliphatic carbocycles. The Balaban J connectivity index is 2.25. The van der Waals surface area contributed by atoms with E-state index in [1.807, 2.05) is 12.1 Å². The number of hydrogen-bond acceptors (Lipinski definition) is 3. The third-order valence-electron chi connectivity index (χ3n) is 2.23. The summed E-state index contributed by atoms with van der Waals surface area (Å²) in [5.41, 5.74) is 0.811. The van der Waals surface area contributed by atoms with Crippen molar-refractivity contribution in [3.8, 4) is 0 Å². The van der Waals surface area contributed by atoms with Gasteiger partial charge in [-0.15, -0.1) is 0 Å². The summed E-state index contributed by atoms with van der Waals surface area (Å²) in [4.78, 5) is 0. The van der Waals surface area contributed by atoms with Crippen LogP contribution in [0.3, 0.4) is 0 Å². The molecule has 1 rings (SSSR count). The first kappa shape index (κ1) is 16.1. The zero-order valence-electron chi connectivity index (χ0n) is 10.1. The molecule has 18 heavy (non-hydrogen) atoms. The quantitative estimate of drug-likeness (QED) is 0.558. The fourth-order valence-electron chi connectivity index (χ4n) is 1.33. The number of anilines is 1. The molecule has 1 aromatic carbocycles. The van der Waals surface area contributed by atoms with Crippen LogP contribution in [0.2, 0.25) is 10.0 Å². The maximum absolute atomic E-state index is 6.10. The normalized spacial score (nSPS) is 10.7. The van der Waals surface area contributed by atoms with E-state index >= 15 is 0 Å². The summed E-state index contributed by atoms with van der Waals surface area (Å²) >= 11 is 15.4. The molecule has 0 spiro atoms. The van der Waals surface area contributed by atoms with E-state index in [1.165, 1.54) is 0 Å². The van der Waals surface area contributed by atoms with Gasteiger partial charge in [-0.3, -0.25) is 0 Å². The second-order valence-electron chi connectivity index (χ2n) is 3.61. The average molecular weight is 357 g/mol. The second-order valence-corrected chi connectivity index (χ2v) is 5.22. The van der Waals surface area contributed by atoms with Crippen molar-refractivity contribution in [2.45, 2.75) is 6.42 Å². The molecule has 0 amide bonds. The van der Waals surface area contributed by atoms with E-state index in [-0.39, 0.29) is 0 Å². The van der Waals surface area contributed by atoms with E-state index in [9.17, 15) is 0 Å². The third kappa shape index (κ3) is 5.33. The maximum atomic E-state index is 6.10. The first-order chi connectivity index (χ1) is 8.66. The molecular weight excluding hydrogens is 341 g/mol. The van der Waals surface area contributed by atoms with Crippen molar-refractivity contribution in [3.63, 3.8) is 0 Å². The Bertz CT molecular complexity index is 377. The number of ether oxygens (including phenoxy) is 2. The van der Waals surface area contributed by atoms with Crippen LogP contribution in [0.5, 0.6) is 0 Å². The van der Waals surface area contributed by atoms with Gasteiger partial charge in [0.15, 0.2) is 0 Å². The smallest absolute Gasteiger partial charge is 0.0835 e. The van der Waals surface area contributed by atoms with Gasteiger partial charge >= 0.3 is 0 Å². The SMILES string of the molecule is COCCCOCCNc1ccc(Br)c(Cl)c1Cl. The molecule has 0 saturated heterocycles. The summed E-state index contributed by atoms with van der Waals surface area (Å²) in [5, 5.41) is 4.21. The molecule has 0 heterocycles. The second kappa shape index (κ2) is 8.99. The fourth-order valence-corrected chi connectivity index (χ4v) is 2.17. The van der Waals surface area contributed by atoms with Gasteiger partial charge in [0.25, 0.3) is 0 Å². The van der Waals surface area contributed by atoms with Crippen LogP contribution in [0.25, 0.3) is 0 Å². The van der Waals surface area contributed by atoms with Crippen LogP contribution in [0.4, 0.5) is 5.69 Å². The van der Waals surface area contributed by atoms with Crippen molar-refractivity contribution in [2.75, 3.05) is 38.8 Å². The molecule has 0 aliphatic heterocycles. The van der Waals surface area contributed by atoms with Crippen LogP contribution in [0, 0.1) is 0 Å². The molecule has 102 valence electrons. The Morgan fingerprint density at radius 2 is 1.94 bits per heavy atom. The summed E-state index contributed by atoms with van der Waals surface area (Å²) in [6.07, 6.45) is 0.904. The Hall–Kier alpha value is -0.000000000000000111. The van der Waals surface area contributed by atoms with Crippen LogP contribution in [0.1, 0.15) is 6.42 Å². The van der Waals surface area contributed by atoms with Gasteiger partial charge in [0.2, 0.25) is 0 Å². The molecule has 0 radical (unpaired) electrons. The van der Waals surface area contributed by atoms with Gasteiger partial charge in [0.1, 0.15) is 0 Å². The van der Waals surface area contributed by atoms with Gasteiger partial charge in [0.05, 0.1) is 22.3 Å². The highest BCUT2D eigenvalue weighted by Crippen LogP contribution is 2.35. The minimum atomic E-state index is 0.516. The van der Waals surface area contributed by atoms with Crippen molar-refractivity contribution in [2.24, 2.45) is 0 Å². The van der Waals surface area contributed by atoms with Crippen LogP contribution < -0.4 is 5.32 Å². The topological polar surface area (TPSA) is 30.5 Å². The van der Waals surface area contributed by atoms with Crippen molar-refractivity contribution in [1.82, 2.24) is 0 Å². The van der Waals surface area contributed by atoms with Gasteiger partial charge in [-0.1, -0.05) is 23.2 Å². The molecule has 0 atom stereocenters. The summed E-state index contributed by atoms with van der Waals surface area (Å²) in [5.74, 6) is 0. The largest absolute Gasteiger partial charge is 0.385 e. The summed E-state index contributed by atoms with van der Waals surface area (Å²) in [6, 6.07) is 3.74. The van der Waals surface area contributed by atoms with Gasteiger partial charge < -0.3 is 14.8 Å². The van der Waals surface area contributed by atoms with Crippen LogP contribution in [-0.4, -0.2) is 33.5 Å². The Morgan fingerprint density at radius 3 is 2.67 bits per heavy atom. The lowest BCUT2D eigenvalue weighted by atomic mass is 10.3. The molecular formula is C12H16BrCl2NO2. The molecule has 0 bridgehead atoms. The van der Waals surface area contributed by atoms with E-state index < -0.39 is 0 Å². The fraction of sp³-hybridized carbons (Fsp3) is 0.500. The summed E-state index contributed by atoms with van der Waals surface area (Å²) < 4.78 is 11.1. The molecule has 0 unspecified atom stereocenters. The Kier molecular flexibility index (Phi) is 8.02. The van der Waals surface area contributed by atoms with Crippen LogP contribution in [-0.2, 0) is 9.47 Å². The number of halogens is 3. The van der Waals surface area contributed by atoms with Gasteiger partial charge in [-0.2, -0.15) is 0 Å². The summed E-state index contributed by atoms with van der Waals surface area (Å²) in [7, 11) is 1.68. The zero-order valence-corrected chi connectivity index (χ0v) is 13.2. The third-order valence-corrected chi connectivity index (χ3v) is 4.01. The number of methoxy groups -OCH3 is 1. The average Bonchev–Trinajstić information content (AvgIpc) is 2.37. The van der Waals surface area contributed by atoms with Gasteiger partial charge in [0, 0.05) is 31.3 Å². The molecule has 0 fully saturated rings. The molecule has 0 aromatic heterocycles. The van der Waals surface area contributed by atoms with Gasteiger partial charge in [-0.25, -0.2) is 0 Å². The standard InChI is InChI=1S/C12H16BrCl2NO2/c1-17-6-2-7-18-8-5-16-10-4-3-9(13)11(14)12(10)15/h3-4,16H,2,5-8H2,1H3. The van der Waals surface area contributed by atoms with E-state index in [0.717, 1.165) is 23.2 Å². The van der Waals surface area contributed by atoms with Crippen molar-refractivity contribution in [3.05, 3.63) is 26.7 Å². The number of benzene rings is 1. The Morgan fingerprint density at radius 1 is 1.17 bits per heavy atom. The first-order valence-corrected chi connectivity index (χ1v) is 7.15. The van der Waals surface area contributed by atoms with E-state index in [4.69, 9.17) is 32.7 Å². The Labute approximate surface area is 126 Å². The van der Waals surface area contributed by atoms with Crippen LogP contribution >= 0.6 is 39.1 Å². The first-order valence-electron chi connectivity index (χ1n) is 5.61. The van der Waals surface area contributed by atoms with Crippen LogP contribution in [0.15, 0.2) is 16.6 Å². The highest BCUT2D eigenvalue weighted by atomic mass is 79.9. The number of nitrogens with one attached hydrogen (secondary N) is 1. The lowest BCUT2D eigenvalue weighted by Crippen LogP contribution is -2.11. The van der Waals surface area contributed by atoms with E-state index in [1.54, 1.807) is 7.11 Å². The molecule has 0 aliphatic rings. The predicted molar refractivity (Wildman–Crippen MR) is 80.0 cm³/mol. The molecule has 1 aromatic rings. The monoisotopic (exact) mass is 355 g/mol. The highest BCUT2D eigenvalue weighted by molar-refractivity contribution is 9.10. The van der Waals surface area contributed by atoms with E-state index in [2.05, 4.69) is 21.2 Å². The van der Waals surface area contributed by atoms with Gasteiger partial charge in [-0.05, 0) is 34.5 Å². The predicted octanol–water partition coefficient (Wildman–Crippen LogP) is 4.22. The minimum absolute atomic E-state index is 0.516. The highest BCUT2D eigenvalue weighted by Gasteiger charge is 2.07. The molecule has 6 heteroatoms. The van der Waals surface area contributed by atoms with E-state index in [0.29, 0.717) is 29.8 Å². The molecule has 1 N–H and O–H groups in total. The van der Waals surface area contributed by atoms with Crippen molar-refractivity contribution < 1.29 is 9.47 Å². The van der Waals surface area contributed by atoms with Crippen molar-refractivity contribution in [1.29, 1.82) is 0 Å². The zero-order chi connectivity index (χ0) is 13.4. The number of rotatable bonds is 8. The maximum Gasteiger partial charge on any atom is 0.0835 e. The number of hydrogen-bond donors (Lipinski definition) is 1. The minimum Gasteiger partial charge on any atom is -0.385 e. The molecule has 3 nitrogen and oxygen atoms in total. The lowest BCUT2D eigenvalue weighted by molar-refractivity contribution is 0.109. The lowest BCUT2D eigenvalue weighted by Gasteiger charge is -2.10. The molecule has 0 saturated carbocycles.